The number of halogens is 1. The van der Waals surface area contributed by atoms with Crippen molar-refractivity contribution in [2.75, 3.05) is 26.3 Å². The average Bonchev–Trinajstić information content (AvgIpc) is 3.28. The van der Waals surface area contributed by atoms with E-state index in [9.17, 15) is 9.59 Å². The molecule has 2 amide bonds. The van der Waals surface area contributed by atoms with Crippen LogP contribution in [0, 0.1) is 0 Å². The first-order valence-corrected chi connectivity index (χ1v) is 11.0. The summed E-state index contributed by atoms with van der Waals surface area (Å²) in [5.41, 5.74) is 1.71. The summed E-state index contributed by atoms with van der Waals surface area (Å²) >= 11 is 6.46. The standard InChI is InChI=1S/C23H21ClN6O3/c1-14(27-22(31)18-13-25-19-6-3-7-26-30(18)19)17-12-15-4-2-5-16(24)20(15)21(28-17)23(32)29-8-10-33-11-9-29/h2-7,12-14H,8-11H2,1H3,(H,27,31)/t14-/m0/s1. The van der Waals surface area contributed by atoms with Crippen LogP contribution in [0.1, 0.15) is 39.6 Å². The van der Waals surface area contributed by atoms with Crippen molar-refractivity contribution in [3.8, 4) is 0 Å². The van der Waals surface area contributed by atoms with Crippen LogP contribution in [-0.4, -0.2) is 62.6 Å². The second-order valence-corrected chi connectivity index (χ2v) is 8.18. The van der Waals surface area contributed by atoms with E-state index in [1.54, 1.807) is 29.3 Å². The van der Waals surface area contributed by atoms with Crippen LogP contribution in [0.2, 0.25) is 5.02 Å². The molecule has 0 saturated carbocycles. The number of ether oxygens (including phenoxy) is 1. The van der Waals surface area contributed by atoms with Crippen LogP contribution >= 0.6 is 11.6 Å². The van der Waals surface area contributed by atoms with Gasteiger partial charge in [0.15, 0.2) is 5.65 Å². The number of benzene rings is 1. The molecule has 4 aromatic rings. The van der Waals surface area contributed by atoms with Crippen molar-refractivity contribution >= 4 is 39.8 Å². The van der Waals surface area contributed by atoms with Gasteiger partial charge in [0, 0.05) is 24.7 Å². The molecule has 0 bridgehead atoms. The van der Waals surface area contributed by atoms with Crippen LogP contribution in [0.3, 0.4) is 0 Å². The van der Waals surface area contributed by atoms with E-state index in [2.05, 4.69) is 20.4 Å². The maximum absolute atomic E-state index is 13.3. The normalized spacial score (nSPS) is 15.0. The van der Waals surface area contributed by atoms with Gasteiger partial charge in [0.1, 0.15) is 11.4 Å². The highest BCUT2D eigenvalue weighted by Gasteiger charge is 2.25. The van der Waals surface area contributed by atoms with Crippen molar-refractivity contribution < 1.29 is 14.3 Å². The van der Waals surface area contributed by atoms with Gasteiger partial charge in [0.2, 0.25) is 0 Å². The Kier molecular flexibility index (Phi) is 5.65. The Bertz CT molecular complexity index is 1370. The Balaban J connectivity index is 1.49. The van der Waals surface area contributed by atoms with Crippen LogP contribution in [0.4, 0.5) is 0 Å². The van der Waals surface area contributed by atoms with Crippen LogP contribution < -0.4 is 5.32 Å². The predicted octanol–water partition coefficient (Wildman–Crippen LogP) is 2.89. The van der Waals surface area contributed by atoms with E-state index in [0.717, 1.165) is 5.39 Å². The first-order chi connectivity index (χ1) is 16.0. The maximum Gasteiger partial charge on any atom is 0.273 e. The monoisotopic (exact) mass is 464 g/mol. The molecule has 1 aliphatic rings. The van der Waals surface area contributed by atoms with Gasteiger partial charge in [-0.1, -0.05) is 23.7 Å². The number of nitrogens with zero attached hydrogens (tertiary/aromatic N) is 5. The molecule has 0 spiro atoms. The molecule has 0 aliphatic carbocycles. The van der Waals surface area contributed by atoms with Gasteiger partial charge < -0.3 is 15.0 Å². The van der Waals surface area contributed by atoms with E-state index >= 15 is 0 Å². The number of morpholine rings is 1. The zero-order valence-corrected chi connectivity index (χ0v) is 18.6. The Labute approximate surface area is 194 Å². The largest absolute Gasteiger partial charge is 0.378 e. The number of hydrogen-bond acceptors (Lipinski definition) is 6. The fourth-order valence-corrected chi connectivity index (χ4v) is 4.18. The minimum atomic E-state index is -0.480. The summed E-state index contributed by atoms with van der Waals surface area (Å²) in [6.45, 7) is 3.76. The quantitative estimate of drug-likeness (QED) is 0.498. The van der Waals surface area contributed by atoms with Crippen molar-refractivity contribution in [2.45, 2.75) is 13.0 Å². The van der Waals surface area contributed by atoms with E-state index in [1.165, 1.54) is 10.7 Å². The molecule has 1 N–H and O–H groups in total. The maximum atomic E-state index is 13.3. The lowest BCUT2D eigenvalue weighted by molar-refractivity contribution is 0.0300. The van der Waals surface area contributed by atoms with Gasteiger partial charge in [-0.25, -0.2) is 14.5 Å². The minimum absolute atomic E-state index is 0.206. The van der Waals surface area contributed by atoms with Gasteiger partial charge in [0.25, 0.3) is 11.8 Å². The molecule has 0 unspecified atom stereocenters. The molecule has 4 heterocycles. The van der Waals surface area contributed by atoms with Gasteiger partial charge in [-0.2, -0.15) is 5.10 Å². The molecule has 10 heteroatoms. The SMILES string of the molecule is C[C@H](NC(=O)c1cnc2cccnn12)c1cc2cccc(Cl)c2c(C(=O)N2CCOCC2)n1. The number of aromatic nitrogens is 4. The number of rotatable bonds is 4. The molecule has 5 rings (SSSR count). The molecule has 1 aromatic carbocycles. The second kappa shape index (κ2) is 8.76. The molecule has 0 radical (unpaired) electrons. The summed E-state index contributed by atoms with van der Waals surface area (Å²) in [7, 11) is 0. The van der Waals surface area contributed by atoms with E-state index in [4.69, 9.17) is 16.3 Å². The molecular weight excluding hydrogens is 444 g/mol. The fraction of sp³-hybridized carbons (Fsp3) is 0.261. The van der Waals surface area contributed by atoms with E-state index in [-0.39, 0.29) is 17.5 Å². The van der Waals surface area contributed by atoms with Crippen molar-refractivity contribution in [3.05, 3.63) is 70.9 Å². The lowest BCUT2D eigenvalue weighted by Gasteiger charge is -2.27. The van der Waals surface area contributed by atoms with Crippen molar-refractivity contribution in [3.63, 3.8) is 0 Å². The highest BCUT2D eigenvalue weighted by Crippen LogP contribution is 2.29. The summed E-state index contributed by atoms with van der Waals surface area (Å²) in [4.78, 5) is 36.9. The van der Waals surface area contributed by atoms with Gasteiger partial charge in [-0.15, -0.1) is 0 Å². The van der Waals surface area contributed by atoms with Gasteiger partial charge in [-0.3, -0.25) is 9.59 Å². The number of pyridine rings is 1. The topological polar surface area (TPSA) is 102 Å². The first kappa shape index (κ1) is 21.3. The number of nitrogens with one attached hydrogen (secondary N) is 1. The summed E-state index contributed by atoms with van der Waals surface area (Å²) in [5, 5.41) is 8.96. The minimum Gasteiger partial charge on any atom is -0.378 e. The summed E-state index contributed by atoms with van der Waals surface area (Å²) in [6, 6.07) is 10.3. The van der Waals surface area contributed by atoms with Crippen LogP contribution in [0.15, 0.2) is 48.8 Å². The van der Waals surface area contributed by atoms with Crippen LogP contribution in [0.25, 0.3) is 16.4 Å². The third-order valence-corrected chi connectivity index (χ3v) is 5.94. The zero-order valence-electron chi connectivity index (χ0n) is 17.9. The Morgan fingerprint density at radius 3 is 2.82 bits per heavy atom. The predicted molar refractivity (Wildman–Crippen MR) is 122 cm³/mol. The van der Waals surface area contributed by atoms with Crippen LogP contribution in [0.5, 0.6) is 0 Å². The second-order valence-electron chi connectivity index (χ2n) is 7.77. The summed E-state index contributed by atoms with van der Waals surface area (Å²) in [5.74, 6) is -0.550. The van der Waals surface area contributed by atoms with E-state index in [1.807, 2.05) is 25.1 Å². The molecule has 33 heavy (non-hydrogen) atoms. The molecule has 1 aliphatic heterocycles. The number of amides is 2. The van der Waals surface area contributed by atoms with Crippen molar-refractivity contribution in [1.29, 1.82) is 0 Å². The number of carbonyl (C=O) groups is 2. The van der Waals surface area contributed by atoms with Crippen molar-refractivity contribution in [1.82, 2.24) is 29.8 Å². The molecule has 3 aromatic heterocycles. The molecule has 9 nitrogen and oxygen atoms in total. The Hall–Kier alpha value is -3.56. The highest BCUT2D eigenvalue weighted by molar-refractivity contribution is 6.36. The third-order valence-electron chi connectivity index (χ3n) is 5.63. The number of fused-ring (bicyclic) bond motifs is 2. The Morgan fingerprint density at radius 2 is 2.00 bits per heavy atom. The number of carbonyl (C=O) groups excluding carboxylic acids is 2. The molecule has 168 valence electrons. The van der Waals surface area contributed by atoms with Crippen molar-refractivity contribution in [2.24, 2.45) is 0 Å². The smallest absolute Gasteiger partial charge is 0.273 e. The molecule has 1 saturated heterocycles. The first-order valence-electron chi connectivity index (χ1n) is 10.6. The van der Waals surface area contributed by atoms with E-state index < -0.39 is 6.04 Å². The lowest BCUT2D eigenvalue weighted by atomic mass is 10.0. The highest BCUT2D eigenvalue weighted by atomic mass is 35.5. The molecular formula is C23H21ClN6O3. The number of imidazole rings is 1. The molecule has 1 atom stereocenters. The average molecular weight is 465 g/mol. The molecule has 1 fully saturated rings. The Morgan fingerprint density at radius 1 is 1.18 bits per heavy atom. The van der Waals surface area contributed by atoms with E-state index in [0.29, 0.717) is 53.7 Å². The van der Waals surface area contributed by atoms with Crippen LogP contribution in [-0.2, 0) is 4.74 Å². The fourth-order valence-electron chi connectivity index (χ4n) is 3.91. The van der Waals surface area contributed by atoms with Gasteiger partial charge in [-0.05, 0) is 36.6 Å². The number of hydrogen-bond donors (Lipinski definition) is 1. The summed E-state index contributed by atoms with van der Waals surface area (Å²) in [6.07, 6.45) is 3.07. The van der Waals surface area contributed by atoms with Gasteiger partial charge in [0.05, 0.1) is 36.2 Å². The van der Waals surface area contributed by atoms with Gasteiger partial charge >= 0.3 is 0 Å². The summed E-state index contributed by atoms with van der Waals surface area (Å²) < 4.78 is 6.84. The third kappa shape index (κ3) is 4.01. The lowest BCUT2D eigenvalue weighted by Crippen LogP contribution is -2.41. The zero-order chi connectivity index (χ0) is 22.9.